The van der Waals surface area contributed by atoms with Gasteiger partial charge in [-0.2, -0.15) is 0 Å². The largest absolute Gasteiger partial charge is 0.387 e. The number of nitrogens with zero attached hydrogens (tertiary/aromatic N) is 2. The van der Waals surface area contributed by atoms with Gasteiger partial charge in [-0.05, 0) is 6.92 Å². The van der Waals surface area contributed by atoms with Crippen LogP contribution in [0.3, 0.4) is 0 Å². The summed E-state index contributed by atoms with van der Waals surface area (Å²) in [6.07, 6.45) is 0.719. The molecule has 4 heteroatoms. The van der Waals surface area contributed by atoms with Crippen LogP contribution >= 0.6 is 12.2 Å². The van der Waals surface area contributed by atoms with Crippen molar-refractivity contribution in [3.63, 3.8) is 0 Å². The van der Waals surface area contributed by atoms with E-state index in [9.17, 15) is 0 Å². The van der Waals surface area contributed by atoms with Crippen LogP contribution < -0.4 is 5.73 Å². The lowest BCUT2D eigenvalue weighted by molar-refractivity contribution is 1.25. The fraction of sp³-hybridized carbons (Fsp3) is 0.571. The van der Waals surface area contributed by atoms with Gasteiger partial charge in [0.1, 0.15) is 10.8 Å². The number of thiocarbonyl (C=S) groups is 1. The van der Waals surface area contributed by atoms with Crippen LogP contribution in [0.5, 0.6) is 0 Å². The third kappa shape index (κ3) is 3.83. The molecule has 0 unspecified atom stereocenters. The highest BCUT2D eigenvalue weighted by atomic mass is 32.1. The molecule has 3 nitrogen and oxygen atoms in total. The number of nitrogens with two attached hydrogens (primary N) is 1. The minimum atomic E-state index is 0.479. The summed E-state index contributed by atoms with van der Waals surface area (Å²) < 4.78 is 0. The average molecular weight is 171 g/mol. The van der Waals surface area contributed by atoms with E-state index >= 15 is 0 Å². The number of rotatable bonds is 2. The number of hydrogen-bond donors (Lipinski definition) is 1. The van der Waals surface area contributed by atoms with Gasteiger partial charge in [0.05, 0.1) is 5.71 Å². The zero-order valence-corrected chi connectivity index (χ0v) is 7.90. The Bertz CT molecular complexity index is 206. The van der Waals surface area contributed by atoms with Gasteiger partial charge in [-0.3, -0.25) is 4.99 Å². The lowest BCUT2D eigenvalue weighted by Crippen LogP contribution is -2.15. The van der Waals surface area contributed by atoms with Crippen molar-refractivity contribution in [1.82, 2.24) is 0 Å². The molecule has 0 fully saturated rings. The van der Waals surface area contributed by atoms with E-state index in [1.807, 2.05) is 13.8 Å². The molecule has 0 spiro atoms. The topological polar surface area (TPSA) is 50.7 Å². The Labute approximate surface area is 72.4 Å². The third-order valence-electron chi connectivity index (χ3n) is 1.25. The van der Waals surface area contributed by atoms with E-state index in [1.165, 1.54) is 0 Å². The molecular weight excluding hydrogens is 158 g/mol. The minimum Gasteiger partial charge on any atom is -0.387 e. The molecule has 0 aromatic heterocycles. The Kier molecular flexibility index (Phi) is 4.61. The van der Waals surface area contributed by atoms with E-state index in [1.54, 1.807) is 7.05 Å². The van der Waals surface area contributed by atoms with Crippen molar-refractivity contribution in [2.45, 2.75) is 20.3 Å². The number of amidine groups is 1. The maximum absolute atomic E-state index is 5.47. The van der Waals surface area contributed by atoms with Crippen molar-refractivity contribution in [2.75, 3.05) is 7.05 Å². The van der Waals surface area contributed by atoms with E-state index in [4.69, 9.17) is 18.0 Å². The van der Waals surface area contributed by atoms with Gasteiger partial charge in [0, 0.05) is 13.5 Å². The van der Waals surface area contributed by atoms with Crippen LogP contribution in [-0.4, -0.2) is 23.6 Å². The molecule has 0 aliphatic carbocycles. The number of hydrogen-bond acceptors (Lipinski definition) is 2. The lowest BCUT2D eigenvalue weighted by atomic mass is 10.4. The van der Waals surface area contributed by atoms with Gasteiger partial charge in [0.15, 0.2) is 0 Å². The fourth-order valence-electron chi connectivity index (χ4n) is 0.386. The molecule has 0 aromatic carbocycles. The molecule has 0 amide bonds. The molecular formula is C7H13N3S. The Balaban J connectivity index is 4.29. The van der Waals surface area contributed by atoms with Crippen molar-refractivity contribution < 1.29 is 0 Å². The van der Waals surface area contributed by atoms with Crippen molar-refractivity contribution in [2.24, 2.45) is 15.7 Å². The van der Waals surface area contributed by atoms with Crippen molar-refractivity contribution in [1.29, 1.82) is 0 Å². The van der Waals surface area contributed by atoms with Crippen LogP contribution in [-0.2, 0) is 0 Å². The maximum Gasteiger partial charge on any atom is 0.148 e. The van der Waals surface area contributed by atoms with Crippen LogP contribution in [0.2, 0.25) is 0 Å². The van der Waals surface area contributed by atoms with Gasteiger partial charge in [-0.25, -0.2) is 4.99 Å². The van der Waals surface area contributed by atoms with Gasteiger partial charge in [0.25, 0.3) is 0 Å². The second-order valence-electron chi connectivity index (χ2n) is 2.07. The lowest BCUT2D eigenvalue weighted by Gasteiger charge is -1.96. The molecule has 0 bridgehead atoms. The summed E-state index contributed by atoms with van der Waals surface area (Å²) in [6.45, 7) is 3.74. The van der Waals surface area contributed by atoms with Gasteiger partial charge in [0.2, 0.25) is 0 Å². The predicted octanol–water partition coefficient (Wildman–Crippen LogP) is 1.17. The predicted molar refractivity (Wildman–Crippen MR) is 53.5 cm³/mol. The molecule has 0 saturated carbocycles. The smallest absolute Gasteiger partial charge is 0.148 e. The van der Waals surface area contributed by atoms with Crippen molar-refractivity contribution in [3.8, 4) is 0 Å². The summed E-state index contributed by atoms with van der Waals surface area (Å²) in [5.74, 6) is 0.554. The van der Waals surface area contributed by atoms with E-state index < -0.39 is 0 Å². The van der Waals surface area contributed by atoms with Gasteiger partial charge in [-0.15, -0.1) is 0 Å². The Morgan fingerprint density at radius 3 is 2.45 bits per heavy atom. The van der Waals surface area contributed by atoms with E-state index in [2.05, 4.69) is 9.98 Å². The van der Waals surface area contributed by atoms with Gasteiger partial charge in [-0.1, -0.05) is 19.1 Å². The summed E-state index contributed by atoms with van der Waals surface area (Å²) >= 11 is 4.92. The van der Waals surface area contributed by atoms with Crippen molar-refractivity contribution >= 4 is 28.8 Å². The van der Waals surface area contributed by atoms with E-state index in [0.717, 1.165) is 12.1 Å². The monoisotopic (exact) mass is 171 g/mol. The molecule has 0 aliphatic heterocycles. The van der Waals surface area contributed by atoms with Crippen LogP contribution in [0.4, 0.5) is 0 Å². The quantitative estimate of drug-likeness (QED) is 0.385. The first-order chi connectivity index (χ1) is 5.11. The first kappa shape index (κ1) is 10.2. The molecule has 0 saturated heterocycles. The minimum absolute atomic E-state index is 0.479. The highest BCUT2D eigenvalue weighted by Crippen LogP contribution is 1.88. The van der Waals surface area contributed by atoms with Gasteiger partial charge < -0.3 is 5.73 Å². The summed E-state index contributed by atoms with van der Waals surface area (Å²) in [5.41, 5.74) is 6.22. The molecule has 0 heterocycles. The molecule has 0 aliphatic rings. The van der Waals surface area contributed by atoms with Crippen LogP contribution in [0.15, 0.2) is 9.98 Å². The Hall–Kier alpha value is -0.770. The number of aliphatic imine (C=N–C) groups is 2. The molecule has 11 heavy (non-hydrogen) atoms. The second-order valence-corrected chi connectivity index (χ2v) is 2.46. The van der Waals surface area contributed by atoms with Crippen molar-refractivity contribution in [3.05, 3.63) is 0 Å². The molecule has 0 aromatic rings. The molecule has 0 radical (unpaired) electrons. The highest BCUT2D eigenvalue weighted by Gasteiger charge is 1.97. The summed E-state index contributed by atoms with van der Waals surface area (Å²) in [7, 11) is 1.68. The fourth-order valence-corrected chi connectivity index (χ4v) is 0.595. The molecule has 2 N–H and O–H groups in total. The SMILES string of the molecule is CCC(N)=NC(=S)C(C)=NC. The standard InChI is InChI=1S/C7H13N3S/c1-4-6(8)10-7(11)5(2)9-3/h4H2,1-3H3,(H2,8,10,11). The summed E-state index contributed by atoms with van der Waals surface area (Å²) in [6, 6.07) is 0. The summed E-state index contributed by atoms with van der Waals surface area (Å²) in [4.78, 5) is 8.33. The normalized spacial score (nSPS) is 13.4. The zero-order valence-electron chi connectivity index (χ0n) is 7.09. The third-order valence-corrected chi connectivity index (χ3v) is 1.64. The summed E-state index contributed by atoms with van der Waals surface area (Å²) in [5, 5.41) is 0. The van der Waals surface area contributed by atoms with E-state index in [-0.39, 0.29) is 0 Å². The van der Waals surface area contributed by atoms with Crippen LogP contribution in [0.25, 0.3) is 0 Å². The van der Waals surface area contributed by atoms with E-state index in [0.29, 0.717) is 10.8 Å². The first-order valence-corrected chi connectivity index (χ1v) is 3.83. The maximum atomic E-state index is 5.47. The molecule has 0 atom stereocenters. The van der Waals surface area contributed by atoms with Gasteiger partial charge >= 0.3 is 0 Å². The Morgan fingerprint density at radius 1 is 1.55 bits per heavy atom. The average Bonchev–Trinajstić information content (AvgIpc) is 2.02. The van der Waals surface area contributed by atoms with Crippen LogP contribution in [0.1, 0.15) is 20.3 Å². The Morgan fingerprint density at radius 2 is 2.09 bits per heavy atom. The van der Waals surface area contributed by atoms with Crippen LogP contribution in [0, 0.1) is 0 Å². The molecule has 62 valence electrons. The molecule has 0 rings (SSSR count). The second kappa shape index (κ2) is 4.96. The highest BCUT2D eigenvalue weighted by molar-refractivity contribution is 7.82. The first-order valence-electron chi connectivity index (χ1n) is 3.42. The zero-order chi connectivity index (χ0) is 8.85.